The minimum Gasteiger partial charge on any atom is -0.351 e. The molecule has 0 spiro atoms. The average molecular weight is 185 g/mol. The first-order valence-corrected chi connectivity index (χ1v) is 4.36. The van der Waals surface area contributed by atoms with E-state index in [4.69, 9.17) is 10.5 Å². The van der Waals surface area contributed by atoms with Crippen LogP contribution in [0.5, 0.6) is 0 Å². The second-order valence-corrected chi connectivity index (χ2v) is 3.27. The molecule has 0 amide bonds. The lowest BCUT2D eigenvalue weighted by Crippen LogP contribution is -1.95. The van der Waals surface area contributed by atoms with Gasteiger partial charge in [-0.1, -0.05) is 0 Å². The van der Waals surface area contributed by atoms with Gasteiger partial charge >= 0.3 is 0 Å². The van der Waals surface area contributed by atoms with Gasteiger partial charge in [0.2, 0.25) is 0 Å². The van der Waals surface area contributed by atoms with Gasteiger partial charge in [-0.2, -0.15) is 10.5 Å². The summed E-state index contributed by atoms with van der Waals surface area (Å²) < 4.78 is 2.03. The van der Waals surface area contributed by atoms with Crippen molar-refractivity contribution in [2.45, 2.75) is 19.9 Å². The van der Waals surface area contributed by atoms with Crippen molar-refractivity contribution in [3.05, 3.63) is 29.6 Å². The van der Waals surface area contributed by atoms with E-state index in [1.807, 2.05) is 35.2 Å². The van der Waals surface area contributed by atoms with Crippen LogP contribution in [-0.2, 0) is 0 Å². The van der Waals surface area contributed by atoms with Gasteiger partial charge in [0.15, 0.2) is 0 Å². The Labute approximate surface area is 83.5 Å². The van der Waals surface area contributed by atoms with Crippen molar-refractivity contribution in [1.29, 1.82) is 10.5 Å². The van der Waals surface area contributed by atoms with Crippen molar-refractivity contribution in [2.24, 2.45) is 0 Å². The highest BCUT2D eigenvalue weighted by Gasteiger charge is 1.99. The van der Waals surface area contributed by atoms with Gasteiger partial charge in [-0.25, -0.2) is 0 Å². The van der Waals surface area contributed by atoms with E-state index in [1.165, 1.54) is 0 Å². The van der Waals surface area contributed by atoms with Gasteiger partial charge in [0.1, 0.15) is 17.7 Å². The predicted octanol–water partition coefficient (Wildman–Crippen LogP) is 2.50. The molecule has 3 heteroatoms. The van der Waals surface area contributed by atoms with Gasteiger partial charge in [-0.15, -0.1) is 0 Å². The number of aromatic nitrogens is 1. The molecule has 3 nitrogen and oxygen atoms in total. The number of rotatable bonds is 2. The minimum atomic E-state index is 0.131. The molecule has 0 bridgehead atoms. The van der Waals surface area contributed by atoms with E-state index in [9.17, 15) is 0 Å². The zero-order valence-electron chi connectivity index (χ0n) is 8.23. The molecule has 0 aliphatic rings. The predicted molar refractivity (Wildman–Crippen MR) is 54.0 cm³/mol. The lowest BCUT2D eigenvalue weighted by atomic mass is 10.2. The van der Waals surface area contributed by atoms with Gasteiger partial charge in [0, 0.05) is 18.4 Å². The van der Waals surface area contributed by atoms with E-state index in [-0.39, 0.29) is 5.57 Å². The summed E-state index contributed by atoms with van der Waals surface area (Å²) in [6.45, 7) is 4.14. The summed E-state index contributed by atoms with van der Waals surface area (Å²) in [4.78, 5) is 0. The van der Waals surface area contributed by atoms with Crippen LogP contribution in [0.4, 0.5) is 0 Å². The number of hydrogen-bond acceptors (Lipinski definition) is 2. The van der Waals surface area contributed by atoms with Gasteiger partial charge in [0.05, 0.1) is 0 Å². The first kappa shape index (κ1) is 10.1. The molecule has 0 fully saturated rings. The highest BCUT2D eigenvalue weighted by Crippen LogP contribution is 2.11. The number of nitrogens with zero attached hydrogens (tertiary/aromatic N) is 3. The van der Waals surface area contributed by atoms with Crippen LogP contribution in [0.1, 0.15) is 25.5 Å². The third kappa shape index (κ3) is 2.24. The van der Waals surface area contributed by atoms with Crippen LogP contribution in [0, 0.1) is 22.7 Å². The summed E-state index contributed by atoms with van der Waals surface area (Å²) in [6, 6.07) is 5.94. The van der Waals surface area contributed by atoms with E-state index in [1.54, 1.807) is 6.08 Å². The fourth-order valence-corrected chi connectivity index (χ4v) is 1.09. The number of nitriles is 2. The van der Waals surface area contributed by atoms with Gasteiger partial charge in [-0.05, 0) is 31.6 Å². The van der Waals surface area contributed by atoms with Crippen molar-refractivity contribution >= 4 is 6.08 Å². The first-order chi connectivity index (χ1) is 6.67. The lowest BCUT2D eigenvalue weighted by Gasteiger charge is -2.04. The molecule has 0 aromatic carbocycles. The van der Waals surface area contributed by atoms with Crippen LogP contribution < -0.4 is 0 Å². The fourth-order valence-electron chi connectivity index (χ4n) is 1.09. The van der Waals surface area contributed by atoms with Crippen molar-refractivity contribution in [3.63, 3.8) is 0 Å². The normalized spacial score (nSPS) is 9.21. The van der Waals surface area contributed by atoms with Gasteiger partial charge in [0.25, 0.3) is 0 Å². The molecular weight excluding hydrogens is 174 g/mol. The van der Waals surface area contributed by atoms with Crippen molar-refractivity contribution < 1.29 is 0 Å². The summed E-state index contributed by atoms with van der Waals surface area (Å²) >= 11 is 0. The molecule has 1 heterocycles. The maximum absolute atomic E-state index is 8.56. The standard InChI is InChI=1S/C11H11N3/c1-9(2)14-4-3-10(8-14)5-11(6-12)7-13/h3-5,8-9H,1-2H3. The summed E-state index contributed by atoms with van der Waals surface area (Å²) in [5.74, 6) is 0. The third-order valence-electron chi connectivity index (χ3n) is 1.89. The highest BCUT2D eigenvalue weighted by molar-refractivity contribution is 5.61. The maximum atomic E-state index is 8.56. The van der Waals surface area contributed by atoms with E-state index in [0.29, 0.717) is 6.04 Å². The van der Waals surface area contributed by atoms with Gasteiger partial charge < -0.3 is 4.57 Å². The molecule has 0 saturated carbocycles. The molecule has 0 aliphatic carbocycles. The minimum absolute atomic E-state index is 0.131. The molecule has 70 valence electrons. The summed E-state index contributed by atoms with van der Waals surface area (Å²) in [5, 5.41) is 17.1. The molecular formula is C11H11N3. The third-order valence-corrected chi connectivity index (χ3v) is 1.89. The highest BCUT2D eigenvalue weighted by atomic mass is 15.0. The molecule has 14 heavy (non-hydrogen) atoms. The Morgan fingerprint density at radius 2 is 2.07 bits per heavy atom. The molecule has 0 atom stereocenters. The van der Waals surface area contributed by atoms with Crippen molar-refractivity contribution in [1.82, 2.24) is 4.57 Å². The number of hydrogen-bond donors (Lipinski definition) is 0. The van der Waals surface area contributed by atoms with Crippen LogP contribution in [-0.4, -0.2) is 4.57 Å². The van der Waals surface area contributed by atoms with Crippen LogP contribution in [0.2, 0.25) is 0 Å². The first-order valence-electron chi connectivity index (χ1n) is 4.36. The Kier molecular flexibility index (Phi) is 3.09. The lowest BCUT2D eigenvalue weighted by molar-refractivity contribution is 0.603. The van der Waals surface area contributed by atoms with Crippen molar-refractivity contribution in [2.75, 3.05) is 0 Å². The molecule has 0 unspecified atom stereocenters. The fraction of sp³-hybridized carbons (Fsp3) is 0.273. The van der Waals surface area contributed by atoms with E-state index in [2.05, 4.69) is 13.8 Å². The molecule has 0 N–H and O–H groups in total. The zero-order valence-corrected chi connectivity index (χ0v) is 8.23. The molecule has 1 aromatic rings. The summed E-state index contributed by atoms with van der Waals surface area (Å²) in [7, 11) is 0. The monoisotopic (exact) mass is 185 g/mol. The van der Waals surface area contributed by atoms with Gasteiger partial charge in [-0.3, -0.25) is 0 Å². The Bertz CT molecular complexity index is 408. The SMILES string of the molecule is CC(C)n1ccc(C=C(C#N)C#N)c1. The average Bonchev–Trinajstić information content (AvgIpc) is 2.62. The van der Waals surface area contributed by atoms with Crippen LogP contribution in [0.15, 0.2) is 24.0 Å². The number of allylic oxidation sites excluding steroid dienone is 1. The maximum Gasteiger partial charge on any atom is 0.130 e. The smallest absolute Gasteiger partial charge is 0.130 e. The molecule has 1 aromatic heterocycles. The van der Waals surface area contributed by atoms with E-state index in [0.717, 1.165) is 5.56 Å². The summed E-state index contributed by atoms with van der Waals surface area (Å²) in [6.07, 6.45) is 5.43. The quantitative estimate of drug-likeness (QED) is 0.664. The Morgan fingerprint density at radius 1 is 1.43 bits per heavy atom. The topological polar surface area (TPSA) is 52.5 Å². The Hall–Kier alpha value is -2.00. The van der Waals surface area contributed by atoms with E-state index >= 15 is 0 Å². The molecule has 0 radical (unpaired) electrons. The van der Waals surface area contributed by atoms with Crippen LogP contribution in [0.3, 0.4) is 0 Å². The van der Waals surface area contributed by atoms with Crippen molar-refractivity contribution in [3.8, 4) is 12.1 Å². The van der Waals surface area contributed by atoms with E-state index < -0.39 is 0 Å². The van der Waals surface area contributed by atoms with Crippen LogP contribution >= 0.6 is 0 Å². The molecule has 1 rings (SSSR count). The molecule has 0 aliphatic heterocycles. The largest absolute Gasteiger partial charge is 0.351 e. The second kappa shape index (κ2) is 4.30. The zero-order chi connectivity index (χ0) is 10.6. The summed E-state index contributed by atoms with van der Waals surface area (Å²) in [5.41, 5.74) is 1.02. The Balaban J connectivity index is 2.96. The molecule has 0 saturated heterocycles. The van der Waals surface area contributed by atoms with Crippen LogP contribution in [0.25, 0.3) is 6.08 Å². The second-order valence-electron chi connectivity index (χ2n) is 3.27. The Morgan fingerprint density at radius 3 is 2.50 bits per heavy atom.